The first-order valence-electron chi connectivity index (χ1n) is 5.84. The molecule has 1 aliphatic carbocycles. The molecule has 0 bridgehead atoms. The van der Waals surface area contributed by atoms with Gasteiger partial charge >= 0.3 is 0 Å². The fraction of sp³-hybridized carbons (Fsp3) is 0.846. The Bertz CT molecular complexity index is 197. The largest absolute Gasteiger partial charge is 0.396 e. The summed E-state index contributed by atoms with van der Waals surface area (Å²) in [4.78, 5) is 0. The summed E-state index contributed by atoms with van der Waals surface area (Å²) in [7, 11) is 0. The Labute approximate surface area is 88.2 Å². The summed E-state index contributed by atoms with van der Waals surface area (Å²) in [6, 6.07) is 0. The maximum atomic E-state index is 9.06. The van der Waals surface area contributed by atoms with Crippen molar-refractivity contribution in [3.8, 4) is 0 Å². The molecule has 1 N–H and O–H groups in total. The van der Waals surface area contributed by atoms with E-state index >= 15 is 0 Å². The Morgan fingerprint density at radius 3 is 2.50 bits per heavy atom. The third-order valence-corrected chi connectivity index (χ3v) is 4.07. The third kappa shape index (κ3) is 2.38. The van der Waals surface area contributed by atoms with Crippen molar-refractivity contribution in [1.82, 2.24) is 0 Å². The van der Waals surface area contributed by atoms with Crippen LogP contribution in [0.4, 0.5) is 0 Å². The zero-order valence-electron chi connectivity index (χ0n) is 9.79. The van der Waals surface area contributed by atoms with Gasteiger partial charge in [0.2, 0.25) is 0 Å². The number of hydrogen-bond donors (Lipinski definition) is 1. The maximum absolute atomic E-state index is 9.06. The molecule has 0 heterocycles. The standard InChI is InChI=1S/C13H24O/c1-9(2)12-6-5-10(3)13(7-8-14)11(12)4/h10-14H,1,5-8H2,2-4H3. The molecular formula is C13H24O. The summed E-state index contributed by atoms with van der Waals surface area (Å²) in [6.45, 7) is 11.2. The molecule has 14 heavy (non-hydrogen) atoms. The lowest BCUT2D eigenvalue weighted by Gasteiger charge is -2.40. The highest BCUT2D eigenvalue weighted by molar-refractivity contribution is 5.02. The van der Waals surface area contributed by atoms with Crippen LogP contribution >= 0.6 is 0 Å². The molecule has 4 atom stereocenters. The third-order valence-electron chi connectivity index (χ3n) is 4.07. The van der Waals surface area contributed by atoms with Crippen molar-refractivity contribution >= 4 is 0 Å². The van der Waals surface area contributed by atoms with E-state index in [1.165, 1.54) is 18.4 Å². The van der Waals surface area contributed by atoms with Crippen molar-refractivity contribution < 1.29 is 5.11 Å². The molecule has 0 saturated heterocycles. The summed E-state index contributed by atoms with van der Waals surface area (Å²) in [5, 5.41) is 9.06. The van der Waals surface area contributed by atoms with Gasteiger partial charge in [-0.25, -0.2) is 0 Å². The highest BCUT2D eigenvalue weighted by atomic mass is 16.3. The van der Waals surface area contributed by atoms with Crippen molar-refractivity contribution in [3.05, 3.63) is 12.2 Å². The molecule has 4 unspecified atom stereocenters. The zero-order chi connectivity index (χ0) is 10.7. The lowest BCUT2D eigenvalue weighted by Crippen LogP contribution is -2.32. The van der Waals surface area contributed by atoms with Gasteiger partial charge in [-0.2, -0.15) is 0 Å². The van der Waals surface area contributed by atoms with E-state index < -0.39 is 0 Å². The number of allylic oxidation sites excluding steroid dienone is 1. The molecule has 0 aromatic rings. The quantitative estimate of drug-likeness (QED) is 0.687. The highest BCUT2D eigenvalue weighted by Crippen LogP contribution is 2.42. The van der Waals surface area contributed by atoms with E-state index in [-0.39, 0.29) is 0 Å². The van der Waals surface area contributed by atoms with Crippen LogP contribution in [0, 0.1) is 23.7 Å². The van der Waals surface area contributed by atoms with Crippen LogP contribution in [0.15, 0.2) is 12.2 Å². The van der Waals surface area contributed by atoms with Crippen LogP contribution in [0.1, 0.15) is 40.0 Å². The zero-order valence-corrected chi connectivity index (χ0v) is 9.79. The Morgan fingerprint density at radius 1 is 1.36 bits per heavy atom. The van der Waals surface area contributed by atoms with Gasteiger partial charge < -0.3 is 5.11 Å². The van der Waals surface area contributed by atoms with Crippen LogP contribution in [-0.2, 0) is 0 Å². The van der Waals surface area contributed by atoms with Gasteiger partial charge in [0.25, 0.3) is 0 Å². The van der Waals surface area contributed by atoms with Crippen molar-refractivity contribution in [3.63, 3.8) is 0 Å². The van der Waals surface area contributed by atoms with E-state index in [0.717, 1.165) is 12.3 Å². The first kappa shape index (κ1) is 11.8. The van der Waals surface area contributed by atoms with E-state index in [1.54, 1.807) is 0 Å². The van der Waals surface area contributed by atoms with Crippen LogP contribution in [0.2, 0.25) is 0 Å². The molecule has 0 spiro atoms. The van der Waals surface area contributed by atoms with E-state index in [1.807, 2.05) is 0 Å². The van der Waals surface area contributed by atoms with Crippen molar-refractivity contribution in [1.29, 1.82) is 0 Å². The topological polar surface area (TPSA) is 20.2 Å². The lowest BCUT2D eigenvalue weighted by atomic mass is 9.65. The average Bonchev–Trinajstić information content (AvgIpc) is 2.11. The first-order chi connectivity index (χ1) is 6.57. The minimum absolute atomic E-state index is 0.336. The predicted molar refractivity (Wildman–Crippen MR) is 61.1 cm³/mol. The molecule has 1 saturated carbocycles. The minimum Gasteiger partial charge on any atom is -0.396 e. The Morgan fingerprint density at radius 2 is 2.00 bits per heavy atom. The number of hydrogen-bond acceptors (Lipinski definition) is 1. The molecule has 0 radical (unpaired) electrons. The molecule has 0 aliphatic heterocycles. The average molecular weight is 196 g/mol. The van der Waals surface area contributed by atoms with Gasteiger partial charge in [0.1, 0.15) is 0 Å². The summed E-state index contributed by atoms with van der Waals surface area (Å²) in [5.74, 6) is 2.84. The highest BCUT2D eigenvalue weighted by Gasteiger charge is 2.34. The number of rotatable bonds is 3. The Kier molecular flexibility index (Phi) is 4.18. The smallest absolute Gasteiger partial charge is 0.0433 e. The van der Waals surface area contributed by atoms with Crippen molar-refractivity contribution in [2.45, 2.75) is 40.0 Å². The van der Waals surface area contributed by atoms with Crippen LogP contribution < -0.4 is 0 Å². The van der Waals surface area contributed by atoms with E-state index in [0.29, 0.717) is 24.4 Å². The van der Waals surface area contributed by atoms with Gasteiger partial charge in [0.15, 0.2) is 0 Å². The van der Waals surface area contributed by atoms with Gasteiger partial charge in [0, 0.05) is 6.61 Å². The van der Waals surface area contributed by atoms with E-state index in [2.05, 4.69) is 27.4 Å². The molecule has 0 aromatic carbocycles. The van der Waals surface area contributed by atoms with Crippen LogP contribution in [0.25, 0.3) is 0 Å². The first-order valence-corrected chi connectivity index (χ1v) is 5.84. The van der Waals surface area contributed by atoms with Gasteiger partial charge in [0.05, 0.1) is 0 Å². The minimum atomic E-state index is 0.336. The normalized spacial score (nSPS) is 38.3. The van der Waals surface area contributed by atoms with Gasteiger partial charge in [-0.1, -0.05) is 26.0 Å². The second kappa shape index (κ2) is 4.97. The fourth-order valence-electron chi connectivity index (χ4n) is 3.13. The Hall–Kier alpha value is -0.300. The molecule has 1 aliphatic rings. The molecule has 0 amide bonds. The monoisotopic (exact) mass is 196 g/mol. The summed E-state index contributed by atoms with van der Waals surface area (Å²) in [6.07, 6.45) is 3.55. The number of aliphatic hydroxyl groups is 1. The SMILES string of the molecule is C=C(C)C1CCC(C)C(CCO)C1C. The Balaban J connectivity index is 2.66. The van der Waals surface area contributed by atoms with Gasteiger partial charge in [-0.3, -0.25) is 0 Å². The van der Waals surface area contributed by atoms with E-state index in [9.17, 15) is 0 Å². The fourth-order valence-corrected chi connectivity index (χ4v) is 3.13. The molecule has 1 fully saturated rings. The molecule has 0 aromatic heterocycles. The molecule has 82 valence electrons. The van der Waals surface area contributed by atoms with E-state index in [4.69, 9.17) is 5.11 Å². The lowest BCUT2D eigenvalue weighted by molar-refractivity contribution is 0.101. The van der Waals surface area contributed by atoms with Crippen molar-refractivity contribution in [2.24, 2.45) is 23.7 Å². The second-order valence-electron chi connectivity index (χ2n) is 5.04. The van der Waals surface area contributed by atoms with Crippen LogP contribution in [0.3, 0.4) is 0 Å². The molecule has 1 rings (SSSR count). The van der Waals surface area contributed by atoms with Crippen LogP contribution in [0.5, 0.6) is 0 Å². The summed E-state index contributed by atoms with van der Waals surface area (Å²) >= 11 is 0. The summed E-state index contributed by atoms with van der Waals surface area (Å²) < 4.78 is 0. The van der Waals surface area contributed by atoms with Gasteiger partial charge in [-0.15, -0.1) is 0 Å². The molecule has 1 nitrogen and oxygen atoms in total. The van der Waals surface area contributed by atoms with Gasteiger partial charge in [-0.05, 0) is 49.9 Å². The second-order valence-corrected chi connectivity index (χ2v) is 5.04. The molecular weight excluding hydrogens is 172 g/mol. The van der Waals surface area contributed by atoms with Crippen LogP contribution in [-0.4, -0.2) is 11.7 Å². The van der Waals surface area contributed by atoms with Crippen molar-refractivity contribution in [2.75, 3.05) is 6.61 Å². The predicted octanol–water partition coefficient (Wildman–Crippen LogP) is 3.24. The summed E-state index contributed by atoms with van der Waals surface area (Å²) in [5.41, 5.74) is 1.33. The number of aliphatic hydroxyl groups excluding tert-OH is 1. The molecule has 1 heteroatoms. The maximum Gasteiger partial charge on any atom is 0.0433 e.